The maximum absolute atomic E-state index is 9.75. The van der Waals surface area contributed by atoms with Crippen LogP contribution >= 0.6 is 0 Å². The molecule has 1 heterocycles. The van der Waals surface area contributed by atoms with Gasteiger partial charge < -0.3 is 14.9 Å². The molecule has 96 valence electrons. The van der Waals surface area contributed by atoms with Crippen LogP contribution in [0.25, 0.3) is 0 Å². The number of hydrogen-bond donors (Lipinski definition) is 1. The number of aliphatic hydroxyl groups is 1. The van der Waals surface area contributed by atoms with Crippen LogP contribution in [0.1, 0.15) is 33.6 Å². The van der Waals surface area contributed by atoms with Crippen molar-refractivity contribution in [3.8, 4) is 0 Å². The van der Waals surface area contributed by atoms with Gasteiger partial charge in [0, 0.05) is 24.5 Å². The van der Waals surface area contributed by atoms with E-state index in [-0.39, 0.29) is 11.5 Å². The Balaban J connectivity index is 2.49. The third-order valence-corrected chi connectivity index (χ3v) is 3.97. The van der Waals surface area contributed by atoms with Crippen molar-refractivity contribution in [1.29, 1.82) is 0 Å². The largest absolute Gasteiger partial charge is 0.393 e. The van der Waals surface area contributed by atoms with Crippen LogP contribution in [0.5, 0.6) is 0 Å². The lowest BCUT2D eigenvalue weighted by Gasteiger charge is -2.41. The molecule has 1 N–H and O–H groups in total. The molecule has 3 nitrogen and oxygen atoms in total. The van der Waals surface area contributed by atoms with Gasteiger partial charge in [-0.25, -0.2) is 0 Å². The molecule has 0 saturated carbocycles. The molecular weight excluding hydrogens is 200 g/mol. The average Bonchev–Trinajstić information content (AvgIpc) is 2.17. The molecule has 1 rings (SSSR count). The minimum atomic E-state index is -0.243. The molecule has 0 radical (unpaired) electrons. The Labute approximate surface area is 100 Å². The monoisotopic (exact) mass is 228 g/mol. The summed E-state index contributed by atoms with van der Waals surface area (Å²) < 4.78 is 0. The van der Waals surface area contributed by atoms with Crippen LogP contribution in [0.15, 0.2) is 0 Å². The zero-order chi connectivity index (χ0) is 12.3. The van der Waals surface area contributed by atoms with Gasteiger partial charge in [0.25, 0.3) is 0 Å². The molecule has 0 aromatic heterocycles. The topological polar surface area (TPSA) is 26.7 Å². The molecule has 1 aliphatic rings. The summed E-state index contributed by atoms with van der Waals surface area (Å²) in [6.45, 7) is 9.51. The first-order valence-electron chi connectivity index (χ1n) is 6.40. The predicted molar refractivity (Wildman–Crippen MR) is 68.6 cm³/mol. The van der Waals surface area contributed by atoms with Gasteiger partial charge in [0.05, 0.1) is 6.10 Å². The van der Waals surface area contributed by atoms with Crippen LogP contribution in [0, 0.1) is 5.41 Å². The van der Waals surface area contributed by atoms with E-state index in [4.69, 9.17) is 0 Å². The maximum atomic E-state index is 9.75. The predicted octanol–water partition coefficient (Wildman–Crippen LogP) is 1.42. The normalized spacial score (nSPS) is 26.1. The van der Waals surface area contributed by atoms with E-state index in [2.05, 4.69) is 37.7 Å². The second-order valence-electron chi connectivity index (χ2n) is 6.16. The van der Waals surface area contributed by atoms with Gasteiger partial charge in [-0.1, -0.05) is 13.8 Å². The molecule has 0 bridgehead atoms. The summed E-state index contributed by atoms with van der Waals surface area (Å²) in [5, 5.41) is 9.75. The molecule has 0 aromatic carbocycles. The Bertz CT molecular complexity index is 214. The van der Waals surface area contributed by atoms with E-state index in [1.165, 1.54) is 19.4 Å². The number of piperidine rings is 1. The lowest BCUT2D eigenvalue weighted by atomic mass is 9.86. The van der Waals surface area contributed by atoms with Gasteiger partial charge in [0.15, 0.2) is 0 Å². The van der Waals surface area contributed by atoms with Crippen LogP contribution in [-0.4, -0.2) is 60.8 Å². The van der Waals surface area contributed by atoms with E-state index in [9.17, 15) is 5.11 Å². The second kappa shape index (κ2) is 5.48. The molecular formula is C13H28N2O. The second-order valence-corrected chi connectivity index (χ2v) is 6.16. The van der Waals surface area contributed by atoms with E-state index >= 15 is 0 Å². The van der Waals surface area contributed by atoms with Crippen LogP contribution in [0.4, 0.5) is 0 Å². The molecule has 1 aliphatic heterocycles. The molecule has 2 atom stereocenters. The van der Waals surface area contributed by atoms with Crippen molar-refractivity contribution < 1.29 is 5.11 Å². The zero-order valence-corrected chi connectivity index (χ0v) is 11.5. The number of nitrogens with zero attached hydrogens (tertiary/aromatic N) is 2. The average molecular weight is 228 g/mol. The molecule has 0 aliphatic carbocycles. The quantitative estimate of drug-likeness (QED) is 0.788. The first kappa shape index (κ1) is 13.9. The smallest absolute Gasteiger partial charge is 0.0575 e. The molecule has 3 heteroatoms. The van der Waals surface area contributed by atoms with Gasteiger partial charge in [-0.2, -0.15) is 0 Å². The summed E-state index contributed by atoms with van der Waals surface area (Å²) in [4.78, 5) is 4.82. The number of hydrogen-bond acceptors (Lipinski definition) is 3. The zero-order valence-electron chi connectivity index (χ0n) is 11.5. The van der Waals surface area contributed by atoms with E-state index in [1.54, 1.807) is 0 Å². The van der Waals surface area contributed by atoms with Crippen LogP contribution < -0.4 is 0 Å². The first-order valence-corrected chi connectivity index (χ1v) is 6.40. The van der Waals surface area contributed by atoms with Gasteiger partial charge in [-0.3, -0.25) is 0 Å². The summed E-state index contributed by atoms with van der Waals surface area (Å²) in [5.41, 5.74) is -0.00575. The minimum absolute atomic E-state index is 0.00575. The van der Waals surface area contributed by atoms with Gasteiger partial charge in [0.1, 0.15) is 0 Å². The van der Waals surface area contributed by atoms with Crippen molar-refractivity contribution >= 4 is 0 Å². The van der Waals surface area contributed by atoms with Gasteiger partial charge in [-0.05, 0) is 40.4 Å². The Morgan fingerprint density at radius 1 is 1.44 bits per heavy atom. The standard InChI is InChI=1S/C13H28N2O/c1-11(16)13(2,3)10-15-8-6-7-12(9-15)14(4)5/h11-12,16H,6-10H2,1-5H3. The van der Waals surface area contributed by atoms with Crippen molar-refractivity contribution in [2.75, 3.05) is 33.7 Å². The van der Waals surface area contributed by atoms with Crippen molar-refractivity contribution in [1.82, 2.24) is 9.80 Å². The SMILES string of the molecule is CC(O)C(C)(C)CN1CCCC(N(C)C)C1. The van der Waals surface area contributed by atoms with Gasteiger partial charge >= 0.3 is 0 Å². The Kier molecular flexibility index (Phi) is 4.77. The summed E-state index contributed by atoms with van der Waals surface area (Å²) in [5.74, 6) is 0. The maximum Gasteiger partial charge on any atom is 0.0575 e. The molecule has 1 saturated heterocycles. The Morgan fingerprint density at radius 2 is 2.06 bits per heavy atom. The minimum Gasteiger partial charge on any atom is -0.393 e. The van der Waals surface area contributed by atoms with Crippen LogP contribution in [-0.2, 0) is 0 Å². The van der Waals surface area contributed by atoms with E-state index in [0.29, 0.717) is 6.04 Å². The summed E-state index contributed by atoms with van der Waals surface area (Å²) in [6, 6.07) is 0.679. The first-order chi connectivity index (χ1) is 7.33. The Morgan fingerprint density at radius 3 is 2.56 bits per heavy atom. The highest BCUT2D eigenvalue weighted by Gasteiger charge is 2.30. The van der Waals surface area contributed by atoms with E-state index in [1.807, 2.05) is 6.92 Å². The van der Waals surface area contributed by atoms with Gasteiger partial charge in [0.2, 0.25) is 0 Å². The molecule has 0 aromatic rings. The van der Waals surface area contributed by atoms with Crippen LogP contribution in [0.3, 0.4) is 0 Å². The number of likely N-dealkylation sites (N-methyl/N-ethyl adjacent to an activating group) is 1. The van der Waals surface area contributed by atoms with Crippen molar-refractivity contribution in [2.45, 2.75) is 45.8 Å². The van der Waals surface area contributed by atoms with Crippen molar-refractivity contribution in [3.05, 3.63) is 0 Å². The fourth-order valence-electron chi connectivity index (χ4n) is 2.30. The van der Waals surface area contributed by atoms with Crippen molar-refractivity contribution in [3.63, 3.8) is 0 Å². The molecule has 0 amide bonds. The van der Waals surface area contributed by atoms with Gasteiger partial charge in [-0.15, -0.1) is 0 Å². The van der Waals surface area contributed by atoms with E-state index in [0.717, 1.165) is 13.1 Å². The lowest BCUT2D eigenvalue weighted by Crippen LogP contribution is -2.49. The van der Waals surface area contributed by atoms with Crippen molar-refractivity contribution in [2.24, 2.45) is 5.41 Å². The fourth-order valence-corrected chi connectivity index (χ4v) is 2.30. The fraction of sp³-hybridized carbons (Fsp3) is 1.00. The lowest BCUT2D eigenvalue weighted by molar-refractivity contribution is 0.0186. The molecule has 16 heavy (non-hydrogen) atoms. The summed E-state index contributed by atoms with van der Waals surface area (Å²) >= 11 is 0. The molecule has 1 fully saturated rings. The highest BCUT2D eigenvalue weighted by molar-refractivity contribution is 4.84. The molecule has 2 unspecified atom stereocenters. The third-order valence-electron chi connectivity index (χ3n) is 3.97. The van der Waals surface area contributed by atoms with E-state index < -0.39 is 0 Å². The highest BCUT2D eigenvalue weighted by atomic mass is 16.3. The Hall–Kier alpha value is -0.120. The number of rotatable bonds is 4. The number of likely N-dealkylation sites (tertiary alicyclic amines) is 1. The summed E-state index contributed by atoms with van der Waals surface area (Å²) in [6.07, 6.45) is 2.34. The number of aliphatic hydroxyl groups excluding tert-OH is 1. The summed E-state index contributed by atoms with van der Waals surface area (Å²) in [7, 11) is 4.32. The third kappa shape index (κ3) is 3.72. The highest BCUT2D eigenvalue weighted by Crippen LogP contribution is 2.24. The molecule has 0 spiro atoms. The van der Waals surface area contributed by atoms with Crippen LogP contribution in [0.2, 0.25) is 0 Å².